The van der Waals surface area contributed by atoms with E-state index >= 15 is 0 Å². The van der Waals surface area contributed by atoms with Gasteiger partial charge in [0.15, 0.2) is 0 Å². The third kappa shape index (κ3) is 2.79. The van der Waals surface area contributed by atoms with Gasteiger partial charge in [-0.25, -0.2) is 0 Å². The molecule has 0 atom stereocenters. The average Bonchev–Trinajstić information content (AvgIpc) is 2.85. The van der Waals surface area contributed by atoms with Crippen molar-refractivity contribution in [3.05, 3.63) is 36.7 Å². The van der Waals surface area contributed by atoms with Crippen LogP contribution in [0.4, 0.5) is 11.4 Å². The number of rotatable bonds is 5. The molecule has 1 aromatic heterocycles. The minimum atomic E-state index is 0.684. The number of aromatic amines is 1. The molecule has 0 aliphatic heterocycles. The number of ether oxygens (including phenoxy) is 1. The highest BCUT2D eigenvalue weighted by Crippen LogP contribution is 2.28. The van der Waals surface area contributed by atoms with Crippen LogP contribution in [0.5, 0.6) is 0 Å². The smallest absolute Gasteiger partial charge is 0.0635 e. The molecule has 90 valence electrons. The number of hydrogen-bond donors (Lipinski definition) is 3. The van der Waals surface area contributed by atoms with Crippen LogP contribution in [0.1, 0.15) is 0 Å². The molecule has 0 saturated heterocycles. The number of methoxy groups -OCH3 is 1. The quantitative estimate of drug-likeness (QED) is 0.546. The number of nitrogen functional groups attached to an aromatic ring is 1. The SMILES string of the molecule is COCCNc1ccc(N)c(-c2cc[nH]c2)c1. The predicted molar refractivity (Wildman–Crippen MR) is 71.0 cm³/mol. The molecule has 17 heavy (non-hydrogen) atoms. The average molecular weight is 231 g/mol. The number of nitrogens with two attached hydrogens (primary N) is 1. The van der Waals surface area contributed by atoms with Crippen molar-refractivity contribution in [1.82, 2.24) is 4.98 Å². The van der Waals surface area contributed by atoms with Gasteiger partial charge in [0, 0.05) is 48.5 Å². The number of benzene rings is 1. The first-order valence-corrected chi connectivity index (χ1v) is 5.57. The lowest BCUT2D eigenvalue weighted by Gasteiger charge is -2.09. The molecule has 4 heteroatoms. The number of aromatic nitrogens is 1. The van der Waals surface area contributed by atoms with Crippen molar-refractivity contribution in [2.45, 2.75) is 0 Å². The molecule has 0 saturated carbocycles. The molecule has 0 spiro atoms. The number of nitrogens with one attached hydrogen (secondary N) is 2. The lowest BCUT2D eigenvalue weighted by atomic mass is 10.1. The van der Waals surface area contributed by atoms with Crippen LogP contribution in [0.3, 0.4) is 0 Å². The maximum Gasteiger partial charge on any atom is 0.0635 e. The molecule has 0 amide bonds. The summed E-state index contributed by atoms with van der Waals surface area (Å²) in [4.78, 5) is 3.03. The van der Waals surface area contributed by atoms with Gasteiger partial charge < -0.3 is 20.8 Å². The molecular weight excluding hydrogens is 214 g/mol. The van der Waals surface area contributed by atoms with E-state index in [1.807, 2.05) is 36.7 Å². The summed E-state index contributed by atoms with van der Waals surface area (Å²) >= 11 is 0. The molecule has 0 radical (unpaired) electrons. The van der Waals surface area contributed by atoms with Gasteiger partial charge in [-0.05, 0) is 24.3 Å². The van der Waals surface area contributed by atoms with Gasteiger partial charge in [-0.1, -0.05) is 0 Å². The van der Waals surface area contributed by atoms with Gasteiger partial charge in [0.25, 0.3) is 0 Å². The lowest BCUT2D eigenvalue weighted by molar-refractivity contribution is 0.211. The van der Waals surface area contributed by atoms with Crippen molar-refractivity contribution in [3.8, 4) is 11.1 Å². The van der Waals surface area contributed by atoms with Gasteiger partial charge in [0.05, 0.1) is 6.61 Å². The Bertz CT molecular complexity index is 466. The van der Waals surface area contributed by atoms with Crippen LogP contribution >= 0.6 is 0 Å². The Kier molecular flexibility index (Phi) is 3.67. The van der Waals surface area contributed by atoms with E-state index in [2.05, 4.69) is 10.3 Å². The zero-order chi connectivity index (χ0) is 12.1. The fraction of sp³-hybridized carbons (Fsp3) is 0.231. The van der Waals surface area contributed by atoms with Crippen molar-refractivity contribution in [2.24, 2.45) is 0 Å². The maximum absolute atomic E-state index is 5.97. The first-order valence-electron chi connectivity index (χ1n) is 5.57. The van der Waals surface area contributed by atoms with Crippen LogP contribution < -0.4 is 11.1 Å². The zero-order valence-corrected chi connectivity index (χ0v) is 9.86. The summed E-state index contributed by atoms with van der Waals surface area (Å²) in [5.74, 6) is 0. The van der Waals surface area contributed by atoms with Crippen LogP contribution in [0.25, 0.3) is 11.1 Å². The molecule has 1 heterocycles. The minimum absolute atomic E-state index is 0.684. The molecule has 0 unspecified atom stereocenters. The van der Waals surface area contributed by atoms with Crippen molar-refractivity contribution in [3.63, 3.8) is 0 Å². The van der Waals surface area contributed by atoms with E-state index in [1.165, 1.54) is 0 Å². The highest BCUT2D eigenvalue weighted by atomic mass is 16.5. The van der Waals surface area contributed by atoms with Crippen LogP contribution in [-0.2, 0) is 4.74 Å². The predicted octanol–water partition coefficient (Wildman–Crippen LogP) is 2.32. The van der Waals surface area contributed by atoms with Crippen molar-refractivity contribution >= 4 is 11.4 Å². The van der Waals surface area contributed by atoms with E-state index in [-0.39, 0.29) is 0 Å². The second-order valence-electron chi connectivity index (χ2n) is 3.82. The Morgan fingerprint density at radius 2 is 2.24 bits per heavy atom. The van der Waals surface area contributed by atoms with Gasteiger partial charge >= 0.3 is 0 Å². The Labute approximate surface area is 101 Å². The molecular formula is C13H17N3O. The Morgan fingerprint density at radius 3 is 2.94 bits per heavy atom. The van der Waals surface area contributed by atoms with E-state index in [1.54, 1.807) is 7.11 Å². The summed E-state index contributed by atoms with van der Waals surface area (Å²) in [6, 6.07) is 7.94. The standard InChI is InChI=1S/C13H17N3O/c1-17-7-6-16-11-2-3-13(14)12(8-11)10-4-5-15-9-10/h2-5,8-9,15-16H,6-7,14H2,1H3. The van der Waals surface area contributed by atoms with E-state index in [4.69, 9.17) is 10.5 Å². The second-order valence-corrected chi connectivity index (χ2v) is 3.82. The third-order valence-corrected chi connectivity index (χ3v) is 2.60. The van der Waals surface area contributed by atoms with Crippen LogP contribution in [0, 0.1) is 0 Å². The van der Waals surface area contributed by atoms with Gasteiger partial charge in [0.2, 0.25) is 0 Å². The topological polar surface area (TPSA) is 63.1 Å². The third-order valence-electron chi connectivity index (χ3n) is 2.60. The Morgan fingerprint density at radius 1 is 1.35 bits per heavy atom. The van der Waals surface area contributed by atoms with Gasteiger partial charge in [-0.2, -0.15) is 0 Å². The zero-order valence-electron chi connectivity index (χ0n) is 9.86. The largest absolute Gasteiger partial charge is 0.398 e. The molecule has 0 aliphatic rings. The van der Waals surface area contributed by atoms with Gasteiger partial charge in [-0.3, -0.25) is 0 Å². The van der Waals surface area contributed by atoms with Crippen LogP contribution in [0.15, 0.2) is 36.7 Å². The van der Waals surface area contributed by atoms with E-state index in [0.29, 0.717) is 6.61 Å². The van der Waals surface area contributed by atoms with Crippen LogP contribution in [-0.4, -0.2) is 25.2 Å². The second kappa shape index (κ2) is 5.41. The lowest BCUT2D eigenvalue weighted by Crippen LogP contribution is -2.07. The fourth-order valence-electron chi connectivity index (χ4n) is 1.71. The van der Waals surface area contributed by atoms with E-state index in [0.717, 1.165) is 29.0 Å². The molecule has 4 nitrogen and oxygen atoms in total. The maximum atomic E-state index is 5.97. The monoisotopic (exact) mass is 231 g/mol. The van der Waals surface area contributed by atoms with E-state index in [9.17, 15) is 0 Å². The van der Waals surface area contributed by atoms with E-state index < -0.39 is 0 Å². The summed E-state index contributed by atoms with van der Waals surface area (Å²) in [5, 5.41) is 3.28. The highest BCUT2D eigenvalue weighted by Gasteiger charge is 2.04. The fourth-order valence-corrected chi connectivity index (χ4v) is 1.71. The van der Waals surface area contributed by atoms with Crippen molar-refractivity contribution in [1.29, 1.82) is 0 Å². The molecule has 2 rings (SSSR count). The Hall–Kier alpha value is -1.94. The molecule has 0 bridgehead atoms. The first-order chi connectivity index (χ1) is 8.31. The van der Waals surface area contributed by atoms with Crippen molar-refractivity contribution < 1.29 is 4.74 Å². The normalized spacial score (nSPS) is 10.4. The summed E-state index contributed by atoms with van der Waals surface area (Å²) in [6.45, 7) is 1.47. The summed E-state index contributed by atoms with van der Waals surface area (Å²) in [7, 11) is 1.69. The number of H-pyrrole nitrogens is 1. The first kappa shape index (κ1) is 11.5. The molecule has 2 aromatic rings. The molecule has 1 aromatic carbocycles. The molecule has 4 N–H and O–H groups in total. The summed E-state index contributed by atoms with van der Waals surface area (Å²) in [5.41, 5.74) is 9.93. The minimum Gasteiger partial charge on any atom is -0.398 e. The molecule has 0 fully saturated rings. The van der Waals surface area contributed by atoms with Crippen LogP contribution in [0.2, 0.25) is 0 Å². The van der Waals surface area contributed by atoms with Gasteiger partial charge in [-0.15, -0.1) is 0 Å². The number of hydrogen-bond acceptors (Lipinski definition) is 3. The summed E-state index contributed by atoms with van der Waals surface area (Å²) in [6.07, 6.45) is 3.82. The summed E-state index contributed by atoms with van der Waals surface area (Å²) < 4.78 is 5.00. The Balaban J connectivity index is 2.18. The van der Waals surface area contributed by atoms with Gasteiger partial charge in [0.1, 0.15) is 0 Å². The molecule has 0 aliphatic carbocycles. The van der Waals surface area contributed by atoms with Crippen molar-refractivity contribution in [2.75, 3.05) is 31.3 Å². The highest BCUT2D eigenvalue weighted by molar-refractivity contribution is 5.79. The number of anilines is 2.